The number of anilines is 1. The number of piperazine rings is 1. The predicted molar refractivity (Wildman–Crippen MR) is 64.3 cm³/mol. The number of hydrogen-bond donors (Lipinski definition) is 1. The molecule has 1 saturated heterocycles. The number of amides is 1. The molecular formula is C10H12N8O. The van der Waals surface area contributed by atoms with Crippen molar-refractivity contribution >= 4 is 11.9 Å². The van der Waals surface area contributed by atoms with Crippen LogP contribution in [0.4, 0.5) is 5.95 Å². The van der Waals surface area contributed by atoms with Gasteiger partial charge >= 0.3 is 0 Å². The second-order valence-corrected chi connectivity index (χ2v) is 4.06. The monoisotopic (exact) mass is 260 g/mol. The Bertz CT molecular complexity index is 534. The predicted octanol–water partition coefficient (Wildman–Crippen LogP) is -1.05. The average molecular weight is 260 g/mol. The number of hydrogen-bond acceptors (Lipinski definition) is 7. The van der Waals surface area contributed by atoms with E-state index in [0.717, 1.165) is 0 Å². The summed E-state index contributed by atoms with van der Waals surface area (Å²) in [4.78, 5) is 24.1. The van der Waals surface area contributed by atoms with Gasteiger partial charge in [0.15, 0.2) is 0 Å². The van der Waals surface area contributed by atoms with E-state index in [4.69, 9.17) is 0 Å². The van der Waals surface area contributed by atoms with Crippen LogP contribution in [0.25, 0.3) is 0 Å². The summed E-state index contributed by atoms with van der Waals surface area (Å²) in [5.41, 5.74) is 0. The zero-order valence-corrected chi connectivity index (χ0v) is 10.1. The quantitative estimate of drug-likeness (QED) is 0.734. The van der Waals surface area contributed by atoms with Crippen LogP contribution >= 0.6 is 0 Å². The Labute approximate surface area is 108 Å². The van der Waals surface area contributed by atoms with Crippen molar-refractivity contribution in [2.45, 2.75) is 0 Å². The lowest BCUT2D eigenvalue weighted by atomic mass is 10.3. The Morgan fingerprint density at radius 1 is 1.16 bits per heavy atom. The molecule has 0 aliphatic carbocycles. The summed E-state index contributed by atoms with van der Waals surface area (Å²) in [6.45, 7) is 2.55. The van der Waals surface area contributed by atoms with Gasteiger partial charge in [-0.1, -0.05) is 0 Å². The molecule has 1 aliphatic rings. The normalized spacial score (nSPS) is 15.6. The molecule has 0 atom stereocenters. The van der Waals surface area contributed by atoms with Crippen LogP contribution in [0.3, 0.4) is 0 Å². The van der Waals surface area contributed by atoms with Crippen LogP contribution in [0.5, 0.6) is 0 Å². The summed E-state index contributed by atoms with van der Waals surface area (Å²) in [7, 11) is 0. The second kappa shape index (κ2) is 4.96. The Hall–Kier alpha value is -2.58. The van der Waals surface area contributed by atoms with Crippen molar-refractivity contribution in [2.24, 2.45) is 0 Å². The van der Waals surface area contributed by atoms with Crippen LogP contribution in [0.2, 0.25) is 0 Å². The van der Waals surface area contributed by atoms with Gasteiger partial charge in [-0.15, -0.1) is 10.2 Å². The van der Waals surface area contributed by atoms with Crippen molar-refractivity contribution in [3.63, 3.8) is 0 Å². The van der Waals surface area contributed by atoms with E-state index in [1.54, 1.807) is 23.4 Å². The summed E-state index contributed by atoms with van der Waals surface area (Å²) in [6, 6.07) is 1.78. The van der Waals surface area contributed by atoms with Gasteiger partial charge in [0, 0.05) is 38.6 Å². The van der Waals surface area contributed by atoms with Gasteiger partial charge in [-0.25, -0.2) is 9.97 Å². The van der Waals surface area contributed by atoms with Crippen molar-refractivity contribution in [3.8, 4) is 0 Å². The van der Waals surface area contributed by atoms with Crippen LogP contribution in [-0.2, 0) is 0 Å². The van der Waals surface area contributed by atoms with Crippen molar-refractivity contribution < 1.29 is 4.79 Å². The number of tetrazole rings is 1. The molecule has 2 aromatic heterocycles. The lowest BCUT2D eigenvalue weighted by Crippen LogP contribution is -2.49. The molecule has 0 saturated carbocycles. The highest BCUT2D eigenvalue weighted by Crippen LogP contribution is 2.10. The molecule has 1 fully saturated rings. The lowest BCUT2D eigenvalue weighted by Gasteiger charge is -2.33. The number of nitrogens with one attached hydrogen (secondary N) is 1. The highest BCUT2D eigenvalue weighted by atomic mass is 16.2. The third kappa shape index (κ3) is 2.34. The van der Waals surface area contributed by atoms with E-state index >= 15 is 0 Å². The molecule has 0 spiro atoms. The molecule has 0 unspecified atom stereocenters. The smallest absolute Gasteiger partial charge is 0.295 e. The van der Waals surface area contributed by atoms with E-state index in [1.807, 2.05) is 4.90 Å². The molecule has 98 valence electrons. The average Bonchev–Trinajstić information content (AvgIpc) is 3.02. The van der Waals surface area contributed by atoms with E-state index in [0.29, 0.717) is 32.1 Å². The summed E-state index contributed by atoms with van der Waals surface area (Å²) < 4.78 is 0. The van der Waals surface area contributed by atoms with E-state index in [9.17, 15) is 4.79 Å². The maximum absolute atomic E-state index is 12.0. The first-order valence-corrected chi connectivity index (χ1v) is 5.89. The minimum Gasteiger partial charge on any atom is -0.337 e. The summed E-state index contributed by atoms with van der Waals surface area (Å²) >= 11 is 0. The molecule has 3 rings (SSSR count). The van der Waals surface area contributed by atoms with Crippen molar-refractivity contribution in [2.75, 3.05) is 31.1 Å². The first kappa shape index (κ1) is 11.5. The fourth-order valence-corrected chi connectivity index (χ4v) is 1.96. The molecule has 0 bridgehead atoms. The van der Waals surface area contributed by atoms with E-state index < -0.39 is 0 Å². The molecule has 2 aromatic rings. The molecule has 1 N–H and O–H groups in total. The molecule has 1 amide bonds. The Morgan fingerprint density at radius 3 is 2.53 bits per heavy atom. The zero-order valence-electron chi connectivity index (χ0n) is 10.1. The van der Waals surface area contributed by atoms with Crippen molar-refractivity contribution in [1.29, 1.82) is 0 Å². The van der Waals surface area contributed by atoms with E-state index in [-0.39, 0.29) is 11.7 Å². The number of rotatable bonds is 2. The van der Waals surface area contributed by atoms with Crippen LogP contribution in [0.15, 0.2) is 18.5 Å². The number of carbonyl (C=O) groups is 1. The summed E-state index contributed by atoms with van der Waals surface area (Å²) in [6.07, 6.45) is 3.42. The molecule has 9 heteroatoms. The third-order valence-electron chi connectivity index (χ3n) is 2.94. The van der Waals surface area contributed by atoms with Crippen LogP contribution in [0, 0.1) is 0 Å². The number of carbonyl (C=O) groups excluding carboxylic acids is 1. The summed E-state index contributed by atoms with van der Waals surface area (Å²) in [5.74, 6) is 0.584. The van der Waals surface area contributed by atoms with E-state index in [1.165, 1.54) is 0 Å². The van der Waals surface area contributed by atoms with Crippen LogP contribution in [-0.4, -0.2) is 67.6 Å². The maximum atomic E-state index is 12.0. The van der Waals surface area contributed by atoms with Gasteiger partial charge in [-0.3, -0.25) is 4.79 Å². The molecule has 9 nitrogen and oxygen atoms in total. The Morgan fingerprint density at radius 2 is 1.89 bits per heavy atom. The Balaban J connectivity index is 1.62. The lowest BCUT2D eigenvalue weighted by molar-refractivity contribution is 0.0734. The van der Waals surface area contributed by atoms with Gasteiger partial charge in [0.05, 0.1) is 0 Å². The highest BCUT2D eigenvalue weighted by molar-refractivity contribution is 5.90. The van der Waals surface area contributed by atoms with Gasteiger partial charge in [-0.05, 0) is 11.3 Å². The standard InChI is InChI=1S/C10H12N8O/c19-9(8-13-15-16-14-8)17-4-6-18(7-5-17)10-11-2-1-3-12-10/h1-3H,4-7H2,(H,13,14,15,16). The number of nitrogens with zero attached hydrogens (tertiary/aromatic N) is 7. The SMILES string of the molecule is O=C(c1nn[nH]n1)N1CCN(c2ncccn2)CC1. The third-order valence-corrected chi connectivity index (χ3v) is 2.94. The fraction of sp³-hybridized carbons (Fsp3) is 0.400. The first-order chi connectivity index (χ1) is 9.34. The first-order valence-electron chi connectivity index (χ1n) is 5.89. The topological polar surface area (TPSA) is 104 Å². The minimum absolute atomic E-state index is 0.101. The molecule has 1 aliphatic heterocycles. The van der Waals surface area contributed by atoms with Crippen LogP contribution < -0.4 is 4.90 Å². The van der Waals surface area contributed by atoms with E-state index in [2.05, 4.69) is 30.6 Å². The van der Waals surface area contributed by atoms with Gasteiger partial charge in [-0.2, -0.15) is 5.21 Å². The van der Waals surface area contributed by atoms with Crippen molar-refractivity contribution in [3.05, 3.63) is 24.3 Å². The molecule has 0 radical (unpaired) electrons. The summed E-state index contributed by atoms with van der Waals surface area (Å²) in [5, 5.41) is 13.0. The number of aromatic nitrogens is 6. The maximum Gasteiger partial charge on any atom is 0.295 e. The molecule has 3 heterocycles. The van der Waals surface area contributed by atoms with Gasteiger partial charge in [0.2, 0.25) is 5.95 Å². The number of aromatic amines is 1. The molecule has 0 aromatic carbocycles. The van der Waals surface area contributed by atoms with Gasteiger partial charge in [0.1, 0.15) is 0 Å². The molecule has 19 heavy (non-hydrogen) atoms. The second-order valence-electron chi connectivity index (χ2n) is 4.06. The van der Waals surface area contributed by atoms with Gasteiger partial charge in [0.25, 0.3) is 11.7 Å². The fourth-order valence-electron chi connectivity index (χ4n) is 1.96. The highest BCUT2D eigenvalue weighted by Gasteiger charge is 2.25. The zero-order chi connectivity index (χ0) is 13.1. The largest absolute Gasteiger partial charge is 0.337 e. The minimum atomic E-state index is -0.206. The van der Waals surface area contributed by atoms with Crippen molar-refractivity contribution in [1.82, 2.24) is 35.5 Å². The Kier molecular flexibility index (Phi) is 3.01. The molecular weight excluding hydrogens is 248 g/mol. The van der Waals surface area contributed by atoms with Gasteiger partial charge < -0.3 is 9.80 Å². The van der Waals surface area contributed by atoms with Crippen LogP contribution in [0.1, 0.15) is 10.6 Å². The number of H-pyrrole nitrogens is 1.